The van der Waals surface area contributed by atoms with Crippen LogP contribution in [-0.2, 0) is 9.59 Å². The number of nitrogen functional groups attached to an aromatic ring is 1. The summed E-state index contributed by atoms with van der Waals surface area (Å²) in [5, 5.41) is 2.80. The highest BCUT2D eigenvalue weighted by Crippen LogP contribution is 2.32. The summed E-state index contributed by atoms with van der Waals surface area (Å²) in [6, 6.07) is 12.2. The third-order valence-electron chi connectivity index (χ3n) is 4.36. The highest BCUT2D eigenvalue weighted by molar-refractivity contribution is 6.04. The fourth-order valence-corrected chi connectivity index (χ4v) is 2.93. The van der Waals surface area contributed by atoms with E-state index in [1.807, 2.05) is 0 Å². The summed E-state index contributed by atoms with van der Waals surface area (Å²) >= 11 is 0. The van der Waals surface area contributed by atoms with Crippen LogP contribution in [0.1, 0.15) is 6.42 Å². The van der Waals surface area contributed by atoms with Gasteiger partial charge in [-0.2, -0.15) is 0 Å². The number of hydrogen-bond donors (Lipinski definition) is 2. The first kappa shape index (κ1) is 20.4. The number of carbonyl (C=O) groups is 2. The zero-order valence-corrected chi connectivity index (χ0v) is 15.9. The molecule has 2 aromatic rings. The number of rotatable bonds is 5. The SMILES string of the molecule is COc1cc(OC)cc(N2CC(C(=O)Nc3ccccc3N)CC2=O)c1.Cl. The van der Waals surface area contributed by atoms with E-state index in [1.54, 1.807) is 61.6 Å². The second-order valence-electron chi connectivity index (χ2n) is 6.05. The lowest BCUT2D eigenvalue weighted by Crippen LogP contribution is -2.28. The van der Waals surface area contributed by atoms with E-state index in [1.165, 1.54) is 0 Å². The Bertz CT molecular complexity index is 821. The molecule has 27 heavy (non-hydrogen) atoms. The topological polar surface area (TPSA) is 93.9 Å². The van der Waals surface area contributed by atoms with Crippen LogP contribution in [0.5, 0.6) is 11.5 Å². The van der Waals surface area contributed by atoms with Gasteiger partial charge >= 0.3 is 0 Å². The van der Waals surface area contributed by atoms with Gasteiger partial charge in [-0.25, -0.2) is 0 Å². The molecule has 1 atom stereocenters. The Hall–Kier alpha value is -2.93. The summed E-state index contributed by atoms with van der Waals surface area (Å²) in [5.41, 5.74) is 7.53. The highest BCUT2D eigenvalue weighted by Gasteiger charge is 2.35. The lowest BCUT2D eigenvalue weighted by Gasteiger charge is -2.18. The summed E-state index contributed by atoms with van der Waals surface area (Å²) in [4.78, 5) is 26.6. The third kappa shape index (κ3) is 4.43. The average Bonchev–Trinajstić information content (AvgIpc) is 3.05. The van der Waals surface area contributed by atoms with Gasteiger partial charge in [-0.1, -0.05) is 12.1 Å². The van der Waals surface area contributed by atoms with Gasteiger partial charge in [0, 0.05) is 31.2 Å². The van der Waals surface area contributed by atoms with Crippen molar-refractivity contribution in [1.29, 1.82) is 0 Å². The molecule has 3 N–H and O–H groups in total. The zero-order valence-electron chi connectivity index (χ0n) is 15.1. The quantitative estimate of drug-likeness (QED) is 0.764. The Balaban J connectivity index is 0.00000261. The predicted molar refractivity (Wildman–Crippen MR) is 107 cm³/mol. The molecule has 1 aliphatic heterocycles. The van der Waals surface area contributed by atoms with Crippen LogP contribution in [0.2, 0.25) is 0 Å². The van der Waals surface area contributed by atoms with E-state index in [2.05, 4.69) is 5.32 Å². The normalized spacial score (nSPS) is 15.9. The number of carbonyl (C=O) groups excluding carboxylic acids is 2. The van der Waals surface area contributed by atoms with Gasteiger partial charge in [-0.3, -0.25) is 9.59 Å². The molecule has 1 fully saturated rings. The predicted octanol–water partition coefficient (Wildman–Crippen LogP) is 2.70. The molecule has 1 heterocycles. The van der Waals surface area contributed by atoms with Gasteiger partial charge in [0.05, 0.1) is 37.2 Å². The number of nitrogens with two attached hydrogens (primary N) is 1. The van der Waals surface area contributed by atoms with Crippen molar-refractivity contribution in [2.45, 2.75) is 6.42 Å². The van der Waals surface area contributed by atoms with Crippen molar-refractivity contribution in [1.82, 2.24) is 0 Å². The number of amides is 2. The Morgan fingerprint density at radius 2 is 1.78 bits per heavy atom. The molecule has 0 spiro atoms. The van der Waals surface area contributed by atoms with Gasteiger partial charge in [-0.15, -0.1) is 12.4 Å². The second kappa shape index (κ2) is 8.64. The third-order valence-corrected chi connectivity index (χ3v) is 4.36. The molecule has 0 aliphatic carbocycles. The van der Waals surface area contributed by atoms with Crippen LogP contribution >= 0.6 is 12.4 Å². The van der Waals surface area contributed by atoms with E-state index in [9.17, 15) is 9.59 Å². The van der Waals surface area contributed by atoms with Crippen LogP contribution < -0.4 is 25.4 Å². The van der Waals surface area contributed by atoms with Gasteiger partial charge in [0.1, 0.15) is 11.5 Å². The van der Waals surface area contributed by atoms with E-state index in [-0.39, 0.29) is 37.2 Å². The minimum Gasteiger partial charge on any atom is -0.497 e. The first-order valence-corrected chi connectivity index (χ1v) is 8.20. The minimum absolute atomic E-state index is 0. The second-order valence-corrected chi connectivity index (χ2v) is 6.05. The average molecular weight is 392 g/mol. The van der Waals surface area contributed by atoms with Gasteiger partial charge in [-0.05, 0) is 12.1 Å². The summed E-state index contributed by atoms with van der Waals surface area (Å²) in [6.45, 7) is 0.285. The van der Waals surface area contributed by atoms with Gasteiger partial charge in [0.2, 0.25) is 11.8 Å². The number of ether oxygens (including phenoxy) is 2. The number of anilines is 3. The molecule has 1 saturated heterocycles. The largest absolute Gasteiger partial charge is 0.497 e. The van der Waals surface area contributed by atoms with E-state index in [0.29, 0.717) is 28.6 Å². The summed E-state index contributed by atoms with van der Waals surface area (Å²) in [6.07, 6.45) is 0.137. The van der Waals surface area contributed by atoms with Crippen LogP contribution in [-0.4, -0.2) is 32.6 Å². The number of benzene rings is 2. The monoisotopic (exact) mass is 391 g/mol. The van der Waals surface area contributed by atoms with Crippen LogP contribution in [0.4, 0.5) is 17.1 Å². The fourth-order valence-electron chi connectivity index (χ4n) is 2.93. The molecule has 0 aromatic heterocycles. The molecule has 1 unspecified atom stereocenters. The summed E-state index contributed by atoms with van der Waals surface area (Å²) in [7, 11) is 3.09. The molecule has 7 nitrogen and oxygen atoms in total. The van der Waals surface area contributed by atoms with E-state index in [4.69, 9.17) is 15.2 Å². The summed E-state index contributed by atoms with van der Waals surface area (Å²) in [5.74, 6) is 0.351. The maximum atomic E-state index is 12.5. The van der Waals surface area contributed by atoms with Crippen molar-refractivity contribution in [3.05, 3.63) is 42.5 Å². The molecule has 144 valence electrons. The number of hydrogen-bond acceptors (Lipinski definition) is 5. The fraction of sp³-hybridized carbons (Fsp3) is 0.263. The Labute approximate surface area is 163 Å². The standard InChI is InChI=1S/C19H21N3O4.ClH/c1-25-14-8-13(9-15(10-14)26-2)22-11-12(7-18(22)23)19(24)21-17-6-4-3-5-16(17)20;/h3-6,8-10,12H,7,11,20H2,1-2H3,(H,21,24);1H. The maximum Gasteiger partial charge on any atom is 0.229 e. The number of methoxy groups -OCH3 is 2. The van der Waals surface area contributed by atoms with Crippen LogP contribution in [0.15, 0.2) is 42.5 Å². The van der Waals surface area contributed by atoms with Gasteiger partial charge in [0.15, 0.2) is 0 Å². The molecular formula is C19H22ClN3O4. The van der Waals surface area contributed by atoms with Crippen LogP contribution in [0.3, 0.4) is 0 Å². The number of nitrogens with one attached hydrogen (secondary N) is 1. The van der Waals surface area contributed by atoms with Crippen molar-refractivity contribution in [3.8, 4) is 11.5 Å². The van der Waals surface area contributed by atoms with Gasteiger partial charge in [0.25, 0.3) is 0 Å². The van der Waals surface area contributed by atoms with Crippen molar-refractivity contribution in [3.63, 3.8) is 0 Å². The number of halogens is 1. The summed E-state index contributed by atoms with van der Waals surface area (Å²) < 4.78 is 10.5. The Morgan fingerprint density at radius 3 is 2.37 bits per heavy atom. The lowest BCUT2D eigenvalue weighted by molar-refractivity contribution is -0.122. The molecule has 2 aromatic carbocycles. The molecule has 3 rings (SSSR count). The molecule has 2 amide bonds. The molecule has 1 aliphatic rings. The van der Waals surface area contributed by atoms with Crippen molar-refractivity contribution in [2.24, 2.45) is 5.92 Å². The first-order chi connectivity index (χ1) is 12.5. The Morgan fingerprint density at radius 1 is 1.15 bits per heavy atom. The molecule has 0 bridgehead atoms. The smallest absolute Gasteiger partial charge is 0.229 e. The van der Waals surface area contributed by atoms with Gasteiger partial charge < -0.3 is 25.4 Å². The highest BCUT2D eigenvalue weighted by atomic mass is 35.5. The molecular weight excluding hydrogens is 370 g/mol. The van der Waals surface area contributed by atoms with E-state index in [0.717, 1.165) is 0 Å². The van der Waals surface area contributed by atoms with Crippen molar-refractivity contribution < 1.29 is 19.1 Å². The zero-order chi connectivity index (χ0) is 18.7. The van der Waals surface area contributed by atoms with Crippen molar-refractivity contribution >= 4 is 41.3 Å². The lowest BCUT2D eigenvalue weighted by atomic mass is 10.1. The number of nitrogens with zero attached hydrogens (tertiary/aromatic N) is 1. The minimum atomic E-state index is -0.459. The van der Waals surface area contributed by atoms with E-state index >= 15 is 0 Å². The van der Waals surface area contributed by atoms with E-state index < -0.39 is 5.92 Å². The molecule has 8 heteroatoms. The van der Waals surface area contributed by atoms with Crippen LogP contribution in [0.25, 0.3) is 0 Å². The first-order valence-electron chi connectivity index (χ1n) is 8.20. The maximum absolute atomic E-state index is 12.5. The number of para-hydroxylation sites is 2. The van der Waals surface area contributed by atoms with Crippen molar-refractivity contribution in [2.75, 3.05) is 36.7 Å². The molecule has 0 saturated carbocycles. The Kier molecular flexibility index (Phi) is 6.52. The van der Waals surface area contributed by atoms with Crippen LogP contribution in [0, 0.1) is 5.92 Å². The molecule has 0 radical (unpaired) electrons.